The highest BCUT2D eigenvalue weighted by atomic mass is 16.6. The highest BCUT2D eigenvalue weighted by molar-refractivity contribution is 6.01. The number of methoxy groups -OCH3 is 1. The van der Waals surface area contributed by atoms with Crippen molar-refractivity contribution in [3.8, 4) is 5.75 Å². The van der Waals surface area contributed by atoms with E-state index in [1.54, 1.807) is 0 Å². The monoisotopic (exact) mass is 361 g/mol. The van der Waals surface area contributed by atoms with E-state index in [4.69, 9.17) is 4.74 Å². The van der Waals surface area contributed by atoms with E-state index in [2.05, 4.69) is 5.32 Å². The minimum Gasteiger partial charge on any atom is -0.494 e. The first-order valence-electron chi connectivity index (χ1n) is 8.92. The summed E-state index contributed by atoms with van der Waals surface area (Å²) < 4.78 is 5.22. The quantitative estimate of drug-likeness (QED) is 0.641. The number of benzene rings is 1. The van der Waals surface area contributed by atoms with Crippen molar-refractivity contribution in [2.45, 2.75) is 44.6 Å². The van der Waals surface area contributed by atoms with E-state index in [-0.39, 0.29) is 42.3 Å². The van der Waals surface area contributed by atoms with Crippen molar-refractivity contribution in [3.63, 3.8) is 0 Å². The van der Waals surface area contributed by atoms with Crippen LogP contribution < -0.4 is 15.0 Å². The van der Waals surface area contributed by atoms with Crippen LogP contribution in [-0.2, 0) is 9.59 Å². The maximum atomic E-state index is 12.5. The van der Waals surface area contributed by atoms with E-state index >= 15 is 0 Å². The second-order valence-electron chi connectivity index (χ2n) is 6.86. The molecule has 1 atom stereocenters. The predicted molar refractivity (Wildman–Crippen MR) is 95.1 cm³/mol. The van der Waals surface area contributed by atoms with E-state index in [0.717, 1.165) is 25.7 Å². The summed E-state index contributed by atoms with van der Waals surface area (Å²) in [5.74, 6) is -0.431. The zero-order valence-corrected chi connectivity index (χ0v) is 14.8. The summed E-state index contributed by atoms with van der Waals surface area (Å²) in [6.45, 7) is 0.256. The van der Waals surface area contributed by atoms with Gasteiger partial charge in [-0.05, 0) is 18.9 Å². The Labute approximate surface area is 151 Å². The lowest BCUT2D eigenvalue weighted by atomic mass is 9.95. The molecule has 1 aliphatic heterocycles. The number of hydrogen-bond donors (Lipinski definition) is 1. The molecule has 1 aliphatic carbocycles. The van der Waals surface area contributed by atoms with Crippen LogP contribution in [0.4, 0.5) is 11.4 Å². The van der Waals surface area contributed by atoms with Gasteiger partial charge in [0.1, 0.15) is 5.75 Å². The number of hydrogen-bond acceptors (Lipinski definition) is 5. The number of nitrogens with zero attached hydrogens (tertiary/aromatic N) is 2. The van der Waals surface area contributed by atoms with Gasteiger partial charge in [-0.1, -0.05) is 19.3 Å². The molecule has 1 heterocycles. The lowest BCUT2D eigenvalue weighted by molar-refractivity contribution is -0.384. The number of nitrogens with one attached hydrogen (secondary N) is 1. The van der Waals surface area contributed by atoms with Crippen LogP contribution >= 0.6 is 0 Å². The van der Waals surface area contributed by atoms with Crippen molar-refractivity contribution in [3.05, 3.63) is 28.3 Å². The maximum absolute atomic E-state index is 12.5. The van der Waals surface area contributed by atoms with Crippen LogP contribution in [0.1, 0.15) is 38.5 Å². The molecule has 26 heavy (non-hydrogen) atoms. The molecule has 0 radical (unpaired) electrons. The van der Waals surface area contributed by atoms with E-state index < -0.39 is 10.8 Å². The van der Waals surface area contributed by atoms with E-state index in [9.17, 15) is 19.7 Å². The van der Waals surface area contributed by atoms with Gasteiger partial charge in [0.15, 0.2) is 0 Å². The van der Waals surface area contributed by atoms with Gasteiger partial charge in [-0.3, -0.25) is 19.7 Å². The van der Waals surface area contributed by atoms with Crippen LogP contribution in [0.3, 0.4) is 0 Å². The average Bonchev–Trinajstić information content (AvgIpc) is 3.03. The Morgan fingerprint density at radius 2 is 2.04 bits per heavy atom. The van der Waals surface area contributed by atoms with Gasteiger partial charge in [0, 0.05) is 25.1 Å². The number of rotatable bonds is 5. The van der Waals surface area contributed by atoms with Gasteiger partial charge in [-0.25, -0.2) is 0 Å². The van der Waals surface area contributed by atoms with Gasteiger partial charge in [-0.15, -0.1) is 0 Å². The molecule has 1 saturated heterocycles. The molecule has 2 aliphatic rings. The number of nitro benzene ring substituents is 1. The first-order valence-corrected chi connectivity index (χ1v) is 8.92. The van der Waals surface area contributed by atoms with Crippen LogP contribution in [0.25, 0.3) is 0 Å². The smallest absolute Gasteiger partial charge is 0.273 e. The molecule has 8 heteroatoms. The normalized spacial score (nSPS) is 20.9. The van der Waals surface area contributed by atoms with E-state index in [0.29, 0.717) is 5.69 Å². The molecular weight excluding hydrogens is 338 g/mol. The third-order valence-corrected chi connectivity index (χ3v) is 5.11. The lowest BCUT2D eigenvalue weighted by Gasteiger charge is -2.24. The topological polar surface area (TPSA) is 102 Å². The third kappa shape index (κ3) is 3.79. The molecule has 3 rings (SSSR count). The summed E-state index contributed by atoms with van der Waals surface area (Å²) in [4.78, 5) is 36.8. The van der Waals surface area contributed by atoms with Gasteiger partial charge in [-0.2, -0.15) is 0 Å². The standard InChI is InChI=1S/C18H23N3O5/c1-26-16-10-14(21(24)25)7-8-15(16)20-11-12(9-17(20)22)18(23)19-13-5-3-2-4-6-13/h7-8,10,12-13H,2-6,9,11H2,1H3,(H,19,23)/t12-/m0/s1. The molecule has 2 fully saturated rings. The summed E-state index contributed by atoms with van der Waals surface area (Å²) in [6.07, 6.45) is 5.58. The number of anilines is 1. The van der Waals surface area contributed by atoms with Crippen LogP contribution in [0, 0.1) is 16.0 Å². The molecule has 1 aromatic carbocycles. The Kier molecular flexibility index (Phi) is 5.39. The van der Waals surface area contributed by atoms with Gasteiger partial charge in [0.05, 0.1) is 29.7 Å². The second kappa shape index (κ2) is 7.72. The highest BCUT2D eigenvalue weighted by Gasteiger charge is 2.37. The SMILES string of the molecule is COc1cc([N+](=O)[O-])ccc1N1C[C@@H](C(=O)NC2CCCCC2)CC1=O. The fourth-order valence-electron chi connectivity index (χ4n) is 3.68. The number of ether oxygens (including phenoxy) is 1. The number of nitro groups is 1. The minimum absolute atomic E-state index is 0.0892. The minimum atomic E-state index is -0.515. The predicted octanol–water partition coefficient (Wildman–Crippen LogP) is 2.41. The number of carbonyl (C=O) groups excluding carboxylic acids is 2. The molecule has 2 amide bonds. The maximum Gasteiger partial charge on any atom is 0.273 e. The Bertz CT molecular complexity index is 715. The van der Waals surface area contributed by atoms with Gasteiger partial charge in [0.2, 0.25) is 11.8 Å². The van der Waals surface area contributed by atoms with Crippen molar-refractivity contribution in [2.75, 3.05) is 18.6 Å². The van der Waals surface area contributed by atoms with Crippen molar-refractivity contribution < 1.29 is 19.2 Å². The lowest BCUT2D eigenvalue weighted by Crippen LogP contribution is -2.40. The molecule has 140 valence electrons. The van der Waals surface area contributed by atoms with Gasteiger partial charge in [0.25, 0.3) is 5.69 Å². The van der Waals surface area contributed by atoms with E-state index in [1.165, 1.54) is 36.6 Å². The Balaban J connectivity index is 1.71. The van der Waals surface area contributed by atoms with E-state index in [1.807, 2.05) is 0 Å². The molecular formula is C18H23N3O5. The molecule has 8 nitrogen and oxygen atoms in total. The summed E-state index contributed by atoms with van der Waals surface area (Å²) in [5, 5.41) is 14.0. The van der Waals surface area contributed by atoms with Crippen LogP contribution in [0.5, 0.6) is 5.75 Å². The molecule has 1 aromatic rings. The molecule has 1 N–H and O–H groups in total. The summed E-state index contributed by atoms with van der Waals surface area (Å²) in [6, 6.07) is 4.32. The Morgan fingerprint density at radius 1 is 1.31 bits per heavy atom. The molecule has 1 saturated carbocycles. The van der Waals surface area contributed by atoms with Crippen molar-refractivity contribution in [1.29, 1.82) is 0 Å². The number of non-ortho nitro benzene ring substituents is 1. The summed E-state index contributed by atoms with van der Waals surface area (Å²) in [7, 11) is 1.40. The van der Waals surface area contributed by atoms with Crippen molar-refractivity contribution >= 4 is 23.2 Å². The fraction of sp³-hybridized carbons (Fsp3) is 0.556. The first-order chi connectivity index (χ1) is 12.5. The van der Waals surface area contributed by atoms with Crippen LogP contribution in [0.15, 0.2) is 18.2 Å². The van der Waals surface area contributed by atoms with Crippen LogP contribution in [-0.4, -0.2) is 36.4 Å². The number of amides is 2. The van der Waals surface area contributed by atoms with Crippen molar-refractivity contribution in [2.24, 2.45) is 5.92 Å². The summed E-state index contributed by atoms with van der Waals surface area (Å²) >= 11 is 0. The third-order valence-electron chi connectivity index (χ3n) is 5.11. The van der Waals surface area contributed by atoms with Gasteiger partial charge >= 0.3 is 0 Å². The molecule has 0 unspecified atom stereocenters. The summed E-state index contributed by atoms with van der Waals surface area (Å²) in [5.41, 5.74) is 0.347. The molecule has 0 bridgehead atoms. The second-order valence-corrected chi connectivity index (χ2v) is 6.86. The zero-order valence-electron chi connectivity index (χ0n) is 14.8. The average molecular weight is 361 g/mol. The molecule has 0 spiro atoms. The fourth-order valence-corrected chi connectivity index (χ4v) is 3.68. The largest absolute Gasteiger partial charge is 0.494 e. The highest BCUT2D eigenvalue weighted by Crippen LogP contribution is 2.35. The molecule has 0 aromatic heterocycles. The first kappa shape index (κ1) is 18.2. The Hall–Kier alpha value is -2.64. The Morgan fingerprint density at radius 3 is 2.69 bits per heavy atom. The van der Waals surface area contributed by atoms with Crippen LogP contribution in [0.2, 0.25) is 0 Å². The number of carbonyl (C=O) groups is 2. The van der Waals surface area contributed by atoms with Crippen molar-refractivity contribution in [1.82, 2.24) is 5.32 Å². The van der Waals surface area contributed by atoms with Gasteiger partial charge < -0.3 is 15.0 Å². The zero-order chi connectivity index (χ0) is 18.7.